The smallest absolute Gasteiger partial charge is 0.325 e. The van der Waals surface area contributed by atoms with Gasteiger partial charge in [-0.05, 0) is 12.3 Å². The molecule has 1 rings (SSSR count). The highest BCUT2D eigenvalue weighted by molar-refractivity contribution is 5.99. The van der Waals surface area contributed by atoms with Crippen molar-refractivity contribution in [3.8, 4) is 0 Å². The Balaban J connectivity index is 2.68. The molecule has 0 saturated carbocycles. The maximum absolute atomic E-state index is 11.7. The number of hydrogen-bond donors (Lipinski definition) is 2. The lowest BCUT2D eigenvalue weighted by Gasteiger charge is -2.18. The molecule has 0 fully saturated rings. The largest absolute Gasteiger partial charge is 0.480 e. The molecule has 0 unspecified atom stereocenters. The Hall–Kier alpha value is -2.11. The minimum absolute atomic E-state index is 0.0694. The first kappa shape index (κ1) is 14.9. The molecule has 0 saturated heterocycles. The van der Waals surface area contributed by atoms with Gasteiger partial charge in [-0.2, -0.15) is 5.10 Å². The second-order valence-corrected chi connectivity index (χ2v) is 5.36. The Kier molecular flexibility index (Phi) is 4.47. The summed E-state index contributed by atoms with van der Waals surface area (Å²) in [5.41, 5.74) is 0.884. The highest BCUT2D eigenvalue weighted by Gasteiger charge is 2.14. The number of carboxylic acid groups (broad SMARTS) is 1. The van der Waals surface area contributed by atoms with Crippen LogP contribution in [0.3, 0.4) is 0 Å². The zero-order valence-corrected chi connectivity index (χ0v) is 11.6. The number of nitrogens with zero attached hydrogens (tertiary/aromatic N) is 2. The minimum Gasteiger partial charge on any atom is -0.480 e. The van der Waals surface area contributed by atoms with Crippen molar-refractivity contribution in [2.75, 3.05) is 5.32 Å². The molecule has 0 aliphatic heterocycles. The van der Waals surface area contributed by atoms with Gasteiger partial charge in [0.05, 0.1) is 0 Å². The molecular formula is C13H19N3O3. The molecule has 1 heterocycles. The topological polar surface area (TPSA) is 84.2 Å². The molecule has 6 heteroatoms. The van der Waals surface area contributed by atoms with Crippen LogP contribution in [-0.4, -0.2) is 26.8 Å². The fourth-order valence-corrected chi connectivity index (χ4v) is 1.23. The van der Waals surface area contributed by atoms with Gasteiger partial charge < -0.3 is 10.4 Å². The number of carbonyl (C=O) groups is 2. The first-order valence-electron chi connectivity index (χ1n) is 5.93. The Labute approximate surface area is 112 Å². The van der Waals surface area contributed by atoms with Crippen molar-refractivity contribution in [3.05, 3.63) is 23.9 Å². The lowest BCUT2D eigenvalue weighted by atomic mass is 9.87. The molecule has 0 spiro atoms. The number of hydrogen-bond acceptors (Lipinski definition) is 3. The van der Waals surface area contributed by atoms with Gasteiger partial charge in [0.2, 0.25) is 5.91 Å². The van der Waals surface area contributed by atoms with Crippen LogP contribution >= 0.6 is 0 Å². The zero-order chi connectivity index (χ0) is 14.6. The second kappa shape index (κ2) is 5.69. The van der Waals surface area contributed by atoms with Gasteiger partial charge in [-0.15, -0.1) is 0 Å². The van der Waals surface area contributed by atoms with Crippen molar-refractivity contribution in [3.63, 3.8) is 0 Å². The SMILES string of the molecule is C/C(=C\C(=O)Nc1ccn(CC(=O)O)n1)C(C)(C)C. The van der Waals surface area contributed by atoms with Crippen LogP contribution in [0.5, 0.6) is 0 Å². The van der Waals surface area contributed by atoms with Crippen LogP contribution in [0.15, 0.2) is 23.9 Å². The van der Waals surface area contributed by atoms with Crippen molar-refractivity contribution in [1.82, 2.24) is 9.78 Å². The third kappa shape index (κ3) is 4.95. The van der Waals surface area contributed by atoms with E-state index >= 15 is 0 Å². The van der Waals surface area contributed by atoms with Crippen LogP contribution in [0.25, 0.3) is 0 Å². The summed E-state index contributed by atoms with van der Waals surface area (Å²) in [6.45, 7) is 7.73. The van der Waals surface area contributed by atoms with Gasteiger partial charge >= 0.3 is 5.97 Å². The van der Waals surface area contributed by atoms with E-state index in [2.05, 4.69) is 10.4 Å². The highest BCUT2D eigenvalue weighted by atomic mass is 16.4. The first-order chi connectivity index (χ1) is 8.68. The number of allylic oxidation sites excluding steroid dienone is 1. The van der Waals surface area contributed by atoms with Gasteiger partial charge in [-0.25, -0.2) is 0 Å². The summed E-state index contributed by atoms with van der Waals surface area (Å²) in [6, 6.07) is 1.56. The number of carbonyl (C=O) groups excluding carboxylic acids is 1. The van der Waals surface area contributed by atoms with Crippen LogP contribution in [0.4, 0.5) is 5.82 Å². The second-order valence-electron chi connectivity index (χ2n) is 5.36. The van der Waals surface area contributed by atoms with Crippen molar-refractivity contribution in [1.29, 1.82) is 0 Å². The monoisotopic (exact) mass is 265 g/mol. The minimum atomic E-state index is -0.982. The van der Waals surface area contributed by atoms with E-state index < -0.39 is 5.97 Å². The van der Waals surface area contributed by atoms with E-state index in [0.717, 1.165) is 5.57 Å². The van der Waals surface area contributed by atoms with Gasteiger partial charge in [-0.3, -0.25) is 14.3 Å². The van der Waals surface area contributed by atoms with Crippen LogP contribution < -0.4 is 5.32 Å². The summed E-state index contributed by atoms with van der Waals surface area (Å²) >= 11 is 0. The van der Waals surface area contributed by atoms with Crippen LogP contribution in [0, 0.1) is 5.41 Å². The molecule has 0 bridgehead atoms. The van der Waals surface area contributed by atoms with E-state index in [1.165, 1.54) is 17.0 Å². The van der Waals surface area contributed by atoms with Crippen molar-refractivity contribution in [2.45, 2.75) is 34.2 Å². The van der Waals surface area contributed by atoms with Gasteiger partial charge in [0.15, 0.2) is 5.82 Å². The number of carboxylic acids is 1. The van der Waals surface area contributed by atoms with Crippen molar-refractivity contribution in [2.24, 2.45) is 5.41 Å². The molecule has 0 aliphatic rings. The quantitative estimate of drug-likeness (QED) is 0.814. The number of aromatic nitrogens is 2. The lowest BCUT2D eigenvalue weighted by Crippen LogP contribution is -2.14. The summed E-state index contributed by atoms with van der Waals surface area (Å²) in [6.07, 6.45) is 3.03. The summed E-state index contributed by atoms with van der Waals surface area (Å²) in [7, 11) is 0. The number of amides is 1. The van der Waals surface area contributed by atoms with Crippen LogP contribution in [0.2, 0.25) is 0 Å². The summed E-state index contributed by atoms with van der Waals surface area (Å²) < 4.78 is 1.25. The predicted octanol–water partition coefficient (Wildman–Crippen LogP) is 1.90. The molecule has 0 aliphatic carbocycles. The summed E-state index contributed by atoms with van der Waals surface area (Å²) in [5, 5.41) is 15.1. The number of aliphatic carboxylic acids is 1. The molecular weight excluding hydrogens is 246 g/mol. The van der Waals surface area contributed by atoms with Gasteiger partial charge in [0.1, 0.15) is 6.54 Å². The molecule has 0 atom stereocenters. The molecule has 2 N–H and O–H groups in total. The molecule has 19 heavy (non-hydrogen) atoms. The molecule has 1 amide bonds. The van der Waals surface area contributed by atoms with Crippen molar-refractivity contribution < 1.29 is 14.7 Å². The van der Waals surface area contributed by atoms with E-state index in [-0.39, 0.29) is 17.9 Å². The Morgan fingerprint density at radius 2 is 2.11 bits per heavy atom. The summed E-state index contributed by atoms with van der Waals surface area (Å²) in [4.78, 5) is 22.2. The maximum Gasteiger partial charge on any atom is 0.325 e. The van der Waals surface area contributed by atoms with Gasteiger partial charge in [-0.1, -0.05) is 26.3 Å². The highest BCUT2D eigenvalue weighted by Crippen LogP contribution is 2.24. The van der Waals surface area contributed by atoms with Gasteiger partial charge in [0, 0.05) is 18.3 Å². The fourth-order valence-electron chi connectivity index (χ4n) is 1.23. The zero-order valence-electron chi connectivity index (χ0n) is 11.6. The van der Waals surface area contributed by atoms with Crippen LogP contribution in [-0.2, 0) is 16.1 Å². The molecule has 1 aromatic rings. The van der Waals surface area contributed by atoms with Crippen molar-refractivity contribution >= 4 is 17.7 Å². The number of nitrogens with one attached hydrogen (secondary N) is 1. The molecule has 0 aromatic carbocycles. The molecule has 1 aromatic heterocycles. The predicted molar refractivity (Wildman–Crippen MR) is 71.7 cm³/mol. The molecule has 0 radical (unpaired) electrons. The first-order valence-corrected chi connectivity index (χ1v) is 5.93. The summed E-state index contributed by atoms with van der Waals surface area (Å²) in [5.74, 6) is -0.915. The third-order valence-corrected chi connectivity index (χ3v) is 2.72. The van der Waals surface area contributed by atoms with Crippen LogP contribution in [0.1, 0.15) is 27.7 Å². The standard InChI is InChI=1S/C13H19N3O3/c1-9(13(2,3)4)7-11(17)14-10-5-6-16(15-10)8-12(18)19/h5-7H,8H2,1-4H3,(H,18,19)(H,14,15,17)/b9-7+. The average Bonchev–Trinajstić information content (AvgIpc) is 2.62. The number of rotatable bonds is 4. The Bertz CT molecular complexity index is 509. The van der Waals surface area contributed by atoms with E-state index in [9.17, 15) is 9.59 Å². The fraction of sp³-hybridized carbons (Fsp3) is 0.462. The molecule has 104 valence electrons. The maximum atomic E-state index is 11.7. The Morgan fingerprint density at radius 1 is 1.47 bits per heavy atom. The van der Waals surface area contributed by atoms with Gasteiger partial charge in [0.25, 0.3) is 0 Å². The van der Waals surface area contributed by atoms with E-state index in [1.807, 2.05) is 27.7 Å². The van der Waals surface area contributed by atoms with E-state index in [1.54, 1.807) is 6.07 Å². The van der Waals surface area contributed by atoms with E-state index in [4.69, 9.17) is 5.11 Å². The lowest BCUT2D eigenvalue weighted by molar-refractivity contribution is -0.137. The third-order valence-electron chi connectivity index (χ3n) is 2.72. The Morgan fingerprint density at radius 3 is 2.63 bits per heavy atom. The van der Waals surface area contributed by atoms with E-state index in [0.29, 0.717) is 5.82 Å². The molecule has 6 nitrogen and oxygen atoms in total. The normalized spacial score (nSPS) is 12.3. The number of anilines is 1. The average molecular weight is 265 g/mol.